The lowest BCUT2D eigenvalue weighted by Gasteiger charge is -2.54. The second kappa shape index (κ2) is 9.10. The summed E-state index contributed by atoms with van der Waals surface area (Å²) in [7, 11) is -4.92. The van der Waals surface area contributed by atoms with Gasteiger partial charge in [-0.1, -0.05) is 62.3 Å². The van der Waals surface area contributed by atoms with Gasteiger partial charge in [0.1, 0.15) is 30.3 Å². The highest BCUT2D eigenvalue weighted by Crippen LogP contribution is 2.57. The zero-order chi connectivity index (χ0) is 27.9. The van der Waals surface area contributed by atoms with E-state index in [1.54, 1.807) is 6.33 Å². The summed E-state index contributed by atoms with van der Waals surface area (Å²) in [6.45, 7) is 26.2. The fourth-order valence-electron chi connectivity index (χ4n) is 6.24. The van der Waals surface area contributed by atoms with Crippen LogP contribution in [0, 0.1) is 0 Å². The first kappa shape index (κ1) is 28.2. The van der Waals surface area contributed by atoms with Crippen LogP contribution in [0.2, 0.25) is 28.2 Å². The molecule has 2 aromatic heterocycles. The summed E-state index contributed by atoms with van der Waals surface area (Å²) in [4.78, 5) is 9.16. The van der Waals surface area contributed by atoms with Gasteiger partial charge in [-0.2, -0.15) is 0 Å². The second-order valence-electron chi connectivity index (χ2n) is 14.8. The van der Waals surface area contributed by atoms with Gasteiger partial charge in [-0.3, -0.25) is 0 Å². The van der Waals surface area contributed by atoms with E-state index in [1.807, 2.05) is 0 Å². The van der Waals surface area contributed by atoms with E-state index in [4.69, 9.17) is 27.7 Å². The van der Waals surface area contributed by atoms with Crippen molar-refractivity contribution in [1.82, 2.24) is 14.5 Å². The summed E-state index contributed by atoms with van der Waals surface area (Å²) in [5.74, 6) is 0.657. The van der Waals surface area contributed by atoms with E-state index in [9.17, 15) is 0 Å². The fraction of sp³-hybridized carbons (Fsp3) is 0.786. The van der Waals surface area contributed by atoms with E-state index < -0.39 is 16.9 Å². The molecule has 3 aliphatic heterocycles. The number of nitrogens with zero attached hydrogens (tertiary/aromatic N) is 3. The normalized spacial score (nSPS) is 28.2. The molecule has 0 radical (unpaired) electrons. The Labute approximate surface area is 230 Å². The van der Waals surface area contributed by atoms with E-state index in [2.05, 4.69) is 91.2 Å². The maximum atomic E-state index is 7.27. The SMILES string of the molecule is CC(C)(C)[Si](C)(C)O[C@@H]1[C@@H]2O[Si](C(C)(C)C)(C(C)(C)C)OC[C@H]2O[C@H]1n1cc2c3c(ncnc31)OCCC2. The third-order valence-corrected chi connectivity index (χ3v) is 18.6. The highest BCUT2D eigenvalue weighted by atomic mass is 28.4. The zero-order valence-corrected chi connectivity index (χ0v) is 27.2. The molecule has 0 spiro atoms. The van der Waals surface area contributed by atoms with Crippen LogP contribution >= 0.6 is 0 Å². The van der Waals surface area contributed by atoms with Gasteiger partial charge >= 0.3 is 8.56 Å². The molecular weight excluding hydrogens is 514 g/mol. The van der Waals surface area contributed by atoms with Crippen LogP contribution in [0.5, 0.6) is 5.88 Å². The molecule has 5 heterocycles. The van der Waals surface area contributed by atoms with Crippen molar-refractivity contribution < 1.29 is 22.8 Å². The molecule has 0 unspecified atom stereocenters. The van der Waals surface area contributed by atoms with Gasteiger partial charge in [0.2, 0.25) is 5.88 Å². The van der Waals surface area contributed by atoms with Gasteiger partial charge in [0, 0.05) is 16.3 Å². The molecule has 2 aromatic rings. The maximum absolute atomic E-state index is 7.27. The standard InChI is InChI=1S/C28H47N3O5Si2/c1-26(2,3)37(10,11)35-22-21-19(16-33-38(36-21,27(4,5)6)28(7,8)9)34-25(22)31-15-18-13-12-14-32-24-20(18)23(31)29-17-30-24/h15,17,19,21-22,25H,12-14,16H2,1-11H3/t19-,21-,22-,25-/m1/s1. The number of aromatic nitrogens is 3. The number of fused-ring (bicyclic) bond motifs is 1. The van der Waals surface area contributed by atoms with E-state index in [0.29, 0.717) is 19.1 Å². The first-order chi connectivity index (χ1) is 17.5. The van der Waals surface area contributed by atoms with Gasteiger partial charge in [-0.15, -0.1) is 0 Å². The first-order valence-electron chi connectivity index (χ1n) is 14.1. The average molecular weight is 562 g/mol. The van der Waals surface area contributed by atoms with E-state index >= 15 is 0 Å². The van der Waals surface area contributed by atoms with E-state index in [-0.39, 0.29) is 39.7 Å². The molecule has 2 saturated heterocycles. The van der Waals surface area contributed by atoms with Crippen molar-refractivity contribution in [2.45, 2.75) is 128 Å². The predicted octanol–water partition coefficient (Wildman–Crippen LogP) is 6.50. The Kier molecular flexibility index (Phi) is 6.76. The summed E-state index contributed by atoms with van der Waals surface area (Å²) in [6.07, 6.45) is 4.52. The van der Waals surface area contributed by atoms with Gasteiger partial charge in [0.15, 0.2) is 14.5 Å². The van der Waals surface area contributed by atoms with Gasteiger partial charge in [-0.05, 0) is 36.5 Å². The predicted molar refractivity (Wildman–Crippen MR) is 153 cm³/mol. The molecule has 0 saturated carbocycles. The van der Waals surface area contributed by atoms with Crippen LogP contribution in [0.1, 0.15) is 80.5 Å². The lowest BCUT2D eigenvalue weighted by Crippen LogP contribution is -2.66. The van der Waals surface area contributed by atoms with Gasteiger partial charge in [-0.25, -0.2) is 9.97 Å². The van der Waals surface area contributed by atoms with Crippen LogP contribution in [-0.4, -0.2) is 62.9 Å². The van der Waals surface area contributed by atoms with E-state index in [0.717, 1.165) is 23.9 Å². The van der Waals surface area contributed by atoms with Crippen LogP contribution in [0.4, 0.5) is 0 Å². The Morgan fingerprint density at radius 1 is 1.03 bits per heavy atom. The minimum absolute atomic E-state index is 0.0390. The van der Waals surface area contributed by atoms with E-state index in [1.165, 1.54) is 5.56 Å². The molecule has 8 nitrogen and oxygen atoms in total. The topological polar surface area (TPSA) is 76.9 Å². The van der Waals surface area contributed by atoms with Crippen LogP contribution in [0.3, 0.4) is 0 Å². The van der Waals surface area contributed by atoms with Crippen LogP contribution in [0.25, 0.3) is 11.0 Å². The molecule has 0 aromatic carbocycles. The second-order valence-corrected chi connectivity index (χ2v) is 24.3. The molecular formula is C28H47N3O5Si2. The largest absolute Gasteiger partial charge is 0.477 e. The molecule has 0 bridgehead atoms. The summed E-state index contributed by atoms with van der Waals surface area (Å²) in [5, 5.41) is 0.774. The maximum Gasteiger partial charge on any atom is 0.349 e. The van der Waals surface area contributed by atoms with Crippen molar-refractivity contribution in [3.8, 4) is 5.88 Å². The van der Waals surface area contributed by atoms with Gasteiger partial charge in [0.05, 0.1) is 18.6 Å². The molecule has 212 valence electrons. The smallest absolute Gasteiger partial charge is 0.349 e. The van der Waals surface area contributed by atoms with Crippen LogP contribution < -0.4 is 4.74 Å². The number of rotatable bonds is 3. The number of aryl methyl sites for hydroxylation is 1. The highest BCUT2D eigenvalue weighted by Gasteiger charge is 2.66. The zero-order valence-electron chi connectivity index (χ0n) is 25.2. The van der Waals surface area contributed by atoms with Crippen LogP contribution in [0.15, 0.2) is 12.5 Å². The van der Waals surface area contributed by atoms with Crippen molar-refractivity contribution in [1.29, 1.82) is 0 Å². The molecule has 0 amide bonds. The third kappa shape index (κ3) is 4.39. The summed E-state index contributed by atoms with van der Waals surface area (Å²) < 4.78 is 36.3. The quantitative estimate of drug-likeness (QED) is 0.396. The number of ether oxygens (including phenoxy) is 2. The first-order valence-corrected chi connectivity index (χ1v) is 18.8. The van der Waals surface area contributed by atoms with Gasteiger partial charge < -0.3 is 27.3 Å². The minimum Gasteiger partial charge on any atom is -0.477 e. The average Bonchev–Trinajstić information content (AvgIpc) is 3.24. The Hall–Kier alpha value is -1.31. The summed E-state index contributed by atoms with van der Waals surface area (Å²) >= 11 is 0. The summed E-state index contributed by atoms with van der Waals surface area (Å²) in [5.41, 5.74) is 2.03. The van der Waals surface area contributed by atoms with Crippen molar-refractivity contribution >= 4 is 27.9 Å². The monoisotopic (exact) mass is 561 g/mol. The van der Waals surface area contributed by atoms with Crippen molar-refractivity contribution in [3.05, 3.63) is 18.1 Å². The lowest BCUT2D eigenvalue weighted by atomic mass is 10.1. The molecule has 4 atom stereocenters. The Balaban J connectivity index is 1.62. The number of hydrogen-bond acceptors (Lipinski definition) is 7. The Morgan fingerprint density at radius 2 is 1.71 bits per heavy atom. The lowest BCUT2D eigenvalue weighted by molar-refractivity contribution is -0.0794. The van der Waals surface area contributed by atoms with Crippen molar-refractivity contribution in [3.63, 3.8) is 0 Å². The fourth-order valence-corrected chi connectivity index (χ4v) is 12.5. The molecule has 10 heteroatoms. The van der Waals surface area contributed by atoms with Crippen molar-refractivity contribution in [2.24, 2.45) is 0 Å². The number of hydrogen-bond donors (Lipinski definition) is 0. The van der Waals surface area contributed by atoms with Crippen LogP contribution in [-0.2, 0) is 24.4 Å². The Morgan fingerprint density at radius 3 is 2.34 bits per heavy atom. The highest BCUT2D eigenvalue weighted by molar-refractivity contribution is 6.74. The Bertz CT molecular complexity index is 1180. The molecule has 38 heavy (non-hydrogen) atoms. The molecule has 0 N–H and O–H groups in total. The summed E-state index contributed by atoms with van der Waals surface area (Å²) in [6, 6.07) is 0. The minimum atomic E-state index is -2.73. The van der Waals surface area contributed by atoms with Gasteiger partial charge in [0.25, 0.3) is 0 Å². The van der Waals surface area contributed by atoms with Crippen molar-refractivity contribution in [2.75, 3.05) is 13.2 Å². The molecule has 5 rings (SSSR count). The molecule has 0 aliphatic carbocycles. The molecule has 2 fully saturated rings. The third-order valence-electron chi connectivity index (χ3n) is 9.01. The molecule has 3 aliphatic rings.